The highest BCUT2D eigenvalue weighted by molar-refractivity contribution is 7.89. The highest BCUT2D eigenvalue weighted by atomic mass is 32.2. The highest BCUT2D eigenvalue weighted by Gasteiger charge is 2.26. The molecule has 2 N–H and O–H groups in total. The van der Waals surface area contributed by atoms with Gasteiger partial charge in [-0.25, -0.2) is 12.8 Å². The number of esters is 1. The average Bonchev–Trinajstić information content (AvgIpc) is 3.19. The van der Waals surface area contributed by atoms with Gasteiger partial charge in [0, 0.05) is 6.54 Å². The maximum Gasteiger partial charge on any atom is 0.324 e. The average molecular weight is 452 g/mol. The number of carbonyl (C=O) groups is 2. The second-order valence-corrected chi connectivity index (χ2v) is 8.50. The van der Waals surface area contributed by atoms with Gasteiger partial charge in [0.15, 0.2) is 17.6 Å². The van der Waals surface area contributed by atoms with E-state index in [1.807, 2.05) is 0 Å². The van der Waals surface area contributed by atoms with E-state index in [1.165, 1.54) is 13.8 Å². The lowest BCUT2D eigenvalue weighted by Crippen LogP contribution is -2.43. The molecule has 0 radical (unpaired) electrons. The molecular weight excluding hydrogens is 431 g/mol. The highest BCUT2D eigenvalue weighted by Crippen LogP contribution is 2.32. The van der Waals surface area contributed by atoms with Crippen molar-refractivity contribution in [2.75, 3.05) is 6.79 Å². The molecule has 1 aliphatic rings. The van der Waals surface area contributed by atoms with Crippen molar-refractivity contribution in [3.63, 3.8) is 0 Å². The maximum atomic E-state index is 13.0. The summed E-state index contributed by atoms with van der Waals surface area (Å²) in [4.78, 5) is 24.2. The summed E-state index contributed by atoms with van der Waals surface area (Å²) >= 11 is 0. The van der Waals surface area contributed by atoms with Crippen molar-refractivity contribution < 1.29 is 36.6 Å². The van der Waals surface area contributed by atoms with Crippen molar-refractivity contribution in [1.82, 2.24) is 10.0 Å². The molecule has 2 aromatic carbocycles. The zero-order valence-electron chi connectivity index (χ0n) is 16.8. The van der Waals surface area contributed by atoms with Gasteiger partial charge in [0.1, 0.15) is 11.9 Å². The van der Waals surface area contributed by atoms with Crippen LogP contribution in [0.4, 0.5) is 4.39 Å². The van der Waals surface area contributed by atoms with Crippen molar-refractivity contribution >= 4 is 21.9 Å². The van der Waals surface area contributed by atoms with E-state index in [-0.39, 0.29) is 18.2 Å². The van der Waals surface area contributed by atoms with Gasteiger partial charge in [-0.15, -0.1) is 0 Å². The molecule has 0 unspecified atom stereocenters. The van der Waals surface area contributed by atoms with Crippen LogP contribution in [-0.2, 0) is 30.9 Å². The number of hydrogen-bond acceptors (Lipinski definition) is 7. The van der Waals surface area contributed by atoms with E-state index in [0.29, 0.717) is 11.5 Å². The lowest BCUT2D eigenvalue weighted by atomic mass is 10.2. The SMILES string of the molecule is C[C@H](NS(=O)(=O)c1ccc(F)cc1)C(=O)O[C@H](C)C(=O)NCc1ccc2c(c1)OCO2. The minimum atomic E-state index is -4.07. The number of amides is 1. The predicted octanol–water partition coefficient (Wildman–Crippen LogP) is 1.47. The van der Waals surface area contributed by atoms with Gasteiger partial charge in [-0.2, -0.15) is 4.72 Å². The number of nitrogens with one attached hydrogen (secondary N) is 2. The molecule has 0 aromatic heterocycles. The Bertz CT molecular complexity index is 1070. The third-order valence-electron chi connectivity index (χ3n) is 4.38. The van der Waals surface area contributed by atoms with E-state index >= 15 is 0 Å². The van der Waals surface area contributed by atoms with Crippen LogP contribution in [0.5, 0.6) is 11.5 Å². The standard InChI is InChI=1S/C20H21FN2O7S/c1-12(23-31(26,27)16-6-4-15(21)5-7-16)20(25)30-13(2)19(24)22-10-14-3-8-17-18(9-14)29-11-28-17/h3-9,12-13,23H,10-11H2,1-2H3,(H,22,24)/t12-,13+/m0/s1. The monoisotopic (exact) mass is 452 g/mol. The molecule has 3 rings (SSSR count). The fraction of sp³-hybridized carbons (Fsp3) is 0.300. The third-order valence-corrected chi connectivity index (χ3v) is 5.93. The van der Waals surface area contributed by atoms with Crippen molar-refractivity contribution in [2.45, 2.75) is 37.4 Å². The Kier molecular flexibility index (Phi) is 6.76. The first-order valence-corrected chi connectivity index (χ1v) is 10.8. The summed E-state index contributed by atoms with van der Waals surface area (Å²) in [6.45, 7) is 2.96. The summed E-state index contributed by atoms with van der Waals surface area (Å²) in [6.07, 6.45) is -1.15. The van der Waals surface area contributed by atoms with Gasteiger partial charge in [-0.05, 0) is 55.8 Å². The molecule has 1 aliphatic heterocycles. The Labute approximate surface area is 178 Å². The molecule has 2 atom stereocenters. The van der Waals surface area contributed by atoms with Gasteiger partial charge >= 0.3 is 5.97 Å². The topological polar surface area (TPSA) is 120 Å². The third kappa shape index (κ3) is 5.70. The molecule has 9 nitrogen and oxygen atoms in total. The first kappa shape index (κ1) is 22.5. The van der Waals surface area contributed by atoms with Crippen LogP contribution < -0.4 is 19.5 Å². The van der Waals surface area contributed by atoms with E-state index in [9.17, 15) is 22.4 Å². The van der Waals surface area contributed by atoms with Gasteiger partial charge < -0.3 is 19.5 Å². The molecule has 2 aromatic rings. The maximum absolute atomic E-state index is 13.0. The van der Waals surface area contributed by atoms with E-state index in [0.717, 1.165) is 29.8 Å². The van der Waals surface area contributed by atoms with Crippen LogP contribution in [0, 0.1) is 5.82 Å². The number of sulfonamides is 1. The lowest BCUT2D eigenvalue weighted by Gasteiger charge is -2.17. The van der Waals surface area contributed by atoms with E-state index in [2.05, 4.69) is 10.0 Å². The number of fused-ring (bicyclic) bond motifs is 1. The Hall–Kier alpha value is -3.18. The minimum Gasteiger partial charge on any atom is -0.454 e. The van der Waals surface area contributed by atoms with Crippen LogP contribution >= 0.6 is 0 Å². The molecule has 31 heavy (non-hydrogen) atoms. The fourth-order valence-corrected chi connectivity index (χ4v) is 3.87. The molecule has 0 saturated heterocycles. The Morgan fingerprint density at radius 2 is 1.77 bits per heavy atom. The smallest absolute Gasteiger partial charge is 0.324 e. The number of carbonyl (C=O) groups excluding carboxylic acids is 2. The second-order valence-electron chi connectivity index (χ2n) is 6.78. The van der Waals surface area contributed by atoms with Crippen molar-refractivity contribution in [2.24, 2.45) is 0 Å². The zero-order valence-corrected chi connectivity index (χ0v) is 17.6. The quantitative estimate of drug-likeness (QED) is 0.582. The van der Waals surface area contributed by atoms with Gasteiger partial charge in [-0.1, -0.05) is 6.07 Å². The molecule has 11 heteroatoms. The van der Waals surface area contributed by atoms with E-state index < -0.39 is 39.9 Å². The first-order valence-electron chi connectivity index (χ1n) is 9.30. The summed E-state index contributed by atoms with van der Waals surface area (Å²) in [5, 5.41) is 2.63. The lowest BCUT2D eigenvalue weighted by molar-refractivity contribution is -0.156. The molecule has 166 valence electrons. The van der Waals surface area contributed by atoms with Gasteiger partial charge in [0.05, 0.1) is 4.90 Å². The van der Waals surface area contributed by atoms with Crippen LogP contribution in [0.1, 0.15) is 19.4 Å². The summed E-state index contributed by atoms with van der Waals surface area (Å²) in [6, 6.07) is 8.07. The molecule has 1 heterocycles. The number of rotatable bonds is 8. The summed E-state index contributed by atoms with van der Waals surface area (Å²) in [5.74, 6) is -0.883. The molecule has 1 amide bonds. The van der Waals surface area contributed by atoms with Crippen LogP contribution in [0.3, 0.4) is 0 Å². The minimum absolute atomic E-state index is 0.140. The summed E-state index contributed by atoms with van der Waals surface area (Å²) < 4.78 is 55.2. The Balaban J connectivity index is 1.50. The second kappa shape index (κ2) is 9.31. The van der Waals surface area contributed by atoms with E-state index in [1.54, 1.807) is 18.2 Å². The molecule has 0 bridgehead atoms. The Morgan fingerprint density at radius 1 is 1.10 bits per heavy atom. The molecule has 0 aliphatic carbocycles. The first-order chi connectivity index (χ1) is 14.7. The largest absolute Gasteiger partial charge is 0.454 e. The Morgan fingerprint density at radius 3 is 2.48 bits per heavy atom. The van der Waals surface area contributed by atoms with Crippen LogP contribution in [0.2, 0.25) is 0 Å². The van der Waals surface area contributed by atoms with Crippen LogP contribution in [0.25, 0.3) is 0 Å². The summed E-state index contributed by atoms with van der Waals surface area (Å²) in [5.41, 5.74) is 0.761. The van der Waals surface area contributed by atoms with Gasteiger partial charge in [0.25, 0.3) is 5.91 Å². The normalized spacial score (nSPS) is 14.5. The fourth-order valence-electron chi connectivity index (χ4n) is 2.68. The van der Waals surface area contributed by atoms with E-state index in [4.69, 9.17) is 14.2 Å². The number of hydrogen-bond donors (Lipinski definition) is 2. The summed E-state index contributed by atoms with van der Waals surface area (Å²) in [7, 11) is -4.07. The molecular formula is C20H21FN2O7S. The predicted molar refractivity (Wildman–Crippen MR) is 106 cm³/mol. The van der Waals surface area contributed by atoms with Crippen molar-refractivity contribution in [3.8, 4) is 11.5 Å². The van der Waals surface area contributed by atoms with Gasteiger partial charge in [0.2, 0.25) is 16.8 Å². The van der Waals surface area contributed by atoms with Gasteiger partial charge in [-0.3, -0.25) is 9.59 Å². The molecule has 0 fully saturated rings. The number of halogens is 1. The van der Waals surface area contributed by atoms with Crippen LogP contribution in [0.15, 0.2) is 47.4 Å². The van der Waals surface area contributed by atoms with Crippen LogP contribution in [-0.4, -0.2) is 39.2 Å². The zero-order chi connectivity index (χ0) is 22.6. The number of ether oxygens (including phenoxy) is 3. The molecule has 0 spiro atoms. The van der Waals surface area contributed by atoms with Crippen molar-refractivity contribution in [3.05, 3.63) is 53.8 Å². The number of benzene rings is 2. The molecule has 0 saturated carbocycles. The van der Waals surface area contributed by atoms with Crippen molar-refractivity contribution in [1.29, 1.82) is 0 Å².